The van der Waals surface area contributed by atoms with E-state index in [1.165, 1.54) is 38.4 Å². The number of benzene rings is 4. The summed E-state index contributed by atoms with van der Waals surface area (Å²) in [4.78, 5) is 17.8. The number of anilines is 1. The Morgan fingerprint density at radius 1 is 0.953 bits per heavy atom. The van der Waals surface area contributed by atoms with Crippen LogP contribution >= 0.6 is 11.6 Å². The minimum absolute atomic E-state index is 0.229. The Morgan fingerprint density at radius 2 is 1.67 bits per heavy atom. The smallest absolute Gasteiger partial charge is 0.255 e. The van der Waals surface area contributed by atoms with Crippen molar-refractivity contribution in [2.75, 3.05) is 24.7 Å². The summed E-state index contributed by atoms with van der Waals surface area (Å²) >= 11 is 6.33. The van der Waals surface area contributed by atoms with Gasteiger partial charge in [0.2, 0.25) is 15.9 Å². The minimum Gasteiger partial charge on any atom is -0.455 e. The molecule has 6 aromatic rings. The summed E-state index contributed by atoms with van der Waals surface area (Å²) in [5, 5.41) is 3.56. The molecular weight excluding hydrogens is 593 g/mol. The van der Waals surface area contributed by atoms with E-state index >= 15 is 0 Å². The summed E-state index contributed by atoms with van der Waals surface area (Å²) in [6.07, 6.45) is 1.10. The van der Waals surface area contributed by atoms with Crippen LogP contribution in [-0.2, 0) is 10.0 Å². The molecule has 8 nitrogen and oxygen atoms in total. The van der Waals surface area contributed by atoms with Crippen LogP contribution in [-0.4, -0.2) is 39.7 Å². The van der Waals surface area contributed by atoms with Gasteiger partial charge >= 0.3 is 0 Å². The number of hydrogen-bond donors (Lipinski definition) is 1. The lowest BCUT2D eigenvalue weighted by Crippen LogP contribution is -2.25. The molecule has 2 heterocycles. The van der Waals surface area contributed by atoms with Gasteiger partial charge in [-0.3, -0.25) is 9.10 Å². The second-order valence-corrected chi connectivity index (χ2v) is 12.6. The Hall–Kier alpha value is -4.67. The van der Waals surface area contributed by atoms with E-state index in [0.717, 1.165) is 16.1 Å². The fourth-order valence-corrected chi connectivity index (χ4v) is 5.77. The van der Waals surface area contributed by atoms with Gasteiger partial charge in [0.25, 0.3) is 5.91 Å². The van der Waals surface area contributed by atoms with Crippen LogP contribution in [0.2, 0.25) is 5.02 Å². The predicted molar refractivity (Wildman–Crippen MR) is 166 cm³/mol. The molecule has 2 aromatic heterocycles. The first-order valence-electron chi connectivity index (χ1n) is 13.1. The van der Waals surface area contributed by atoms with Crippen LogP contribution in [0.3, 0.4) is 0 Å². The molecule has 0 radical (unpaired) electrons. The van der Waals surface area contributed by atoms with Gasteiger partial charge in [0.05, 0.1) is 22.5 Å². The topological polar surface area (TPSA) is 106 Å². The van der Waals surface area contributed by atoms with Crippen LogP contribution in [0.25, 0.3) is 56.0 Å². The predicted octanol–water partition coefficient (Wildman–Crippen LogP) is 7.43. The Balaban J connectivity index is 1.63. The molecule has 1 N–H and O–H groups in total. The van der Waals surface area contributed by atoms with Crippen molar-refractivity contribution < 1.29 is 26.4 Å². The highest BCUT2D eigenvalue weighted by Crippen LogP contribution is 2.42. The molecule has 43 heavy (non-hydrogen) atoms. The zero-order valence-electron chi connectivity index (χ0n) is 23.5. The Morgan fingerprint density at radius 3 is 2.35 bits per heavy atom. The number of amides is 1. The number of aromatic nitrogens is 1. The quantitative estimate of drug-likeness (QED) is 0.208. The zero-order valence-corrected chi connectivity index (χ0v) is 25.1. The SMILES string of the molecule is CNC(=O)c1c(-c2ccc(F)cc2)oc2cc(N(C)S(C)(=O)=O)c(-c3cc(C)cc(-c4nc5c(Cl)cccc5o4)c3)cc12. The van der Waals surface area contributed by atoms with Crippen LogP contribution in [0.5, 0.6) is 0 Å². The maximum Gasteiger partial charge on any atom is 0.255 e. The standard InChI is InChI=1S/C32H25ClFN3O5S/c1-17-12-19(14-20(13-17)32-36-29-24(33)6-5-7-26(29)42-32)22-15-23-27(16-25(22)37(3)43(4,39)40)41-30(28(23)31(38)35-2)18-8-10-21(34)11-9-18/h5-16H,1-4H3,(H,35,38). The third kappa shape index (κ3) is 5.13. The first-order chi connectivity index (χ1) is 20.4. The normalized spacial score (nSPS) is 11.8. The van der Waals surface area contributed by atoms with Crippen molar-refractivity contribution in [1.82, 2.24) is 10.3 Å². The number of carbonyl (C=O) groups excluding carboxylic acids is 1. The Bertz CT molecular complexity index is 2170. The van der Waals surface area contributed by atoms with Crippen molar-refractivity contribution in [3.8, 4) is 33.9 Å². The fraction of sp³-hybridized carbons (Fsp3) is 0.125. The van der Waals surface area contributed by atoms with E-state index in [4.69, 9.17) is 20.4 Å². The highest BCUT2D eigenvalue weighted by Gasteiger charge is 2.26. The molecule has 4 aromatic carbocycles. The van der Waals surface area contributed by atoms with Gasteiger partial charge in [-0.15, -0.1) is 0 Å². The molecule has 0 unspecified atom stereocenters. The number of fused-ring (bicyclic) bond motifs is 2. The molecule has 0 spiro atoms. The van der Waals surface area contributed by atoms with Gasteiger partial charge < -0.3 is 14.2 Å². The van der Waals surface area contributed by atoms with Crippen molar-refractivity contribution in [2.24, 2.45) is 0 Å². The number of oxazole rings is 1. The Kier molecular flexibility index (Phi) is 6.98. The van der Waals surface area contributed by atoms with Crippen molar-refractivity contribution in [3.05, 3.63) is 94.8 Å². The molecule has 0 saturated heterocycles. The van der Waals surface area contributed by atoms with Gasteiger partial charge in [0, 0.05) is 42.2 Å². The number of sulfonamides is 1. The number of nitrogens with one attached hydrogen (secondary N) is 1. The van der Waals surface area contributed by atoms with Gasteiger partial charge in [-0.25, -0.2) is 17.8 Å². The van der Waals surface area contributed by atoms with Gasteiger partial charge in [-0.1, -0.05) is 23.7 Å². The summed E-state index contributed by atoms with van der Waals surface area (Å²) in [5.41, 5.74) is 5.10. The van der Waals surface area contributed by atoms with Crippen molar-refractivity contribution >= 4 is 55.3 Å². The summed E-state index contributed by atoms with van der Waals surface area (Å²) in [6.45, 7) is 1.90. The summed E-state index contributed by atoms with van der Waals surface area (Å²) < 4.78 is 52.6. The first-order valence-corrected chi connectivity index (χ1v) is 15.4. The van der Waals surface area contributed by atoms with E-state index < -0.39 is 21.7 Å². The largest absolute Gasteiger partial charge is 0.455 e. The lowest BCUT2D eigenvalue weighted by Gasteiger charge is -2.21. The molecule has 0 aliphatic carbocycles. The number of nitrogens with zero attached hydrogens (tertiary/aromatic N) is 2. The van der Waals surface area contributed by atoms with Crippen molar-refractivity contribution in [3.63, 3.8) is 0 Å². The molecular formula is C32H25ClFN3O5S. The van der Waals surface area contributed by atoms with Crippen LogP contribution in [0.15, 0.2) is 81.6 Å². The number of hydrogen-bond acceptors (Lipinski definition) is 6. The lowest BCUT2D eigenvalue weighted by atomic mass is 9.96. The maximum absolute atomic E-state index is 13.7. The monoisotopic (exact) mass is 617 g/mol. The molecule has 1 amide bonds. The number of para-hydroxylation sites is 1. The third-order valence-corrected chi connectivity index (χ3v) is 8.71. The molecule has 0 atom stereocenters. The minimum atomic E-state index is -3.71. The second-order valence-electron chi connectivity index (χ2n) is 10.2. The number of carbonyl (C=O) groups is 1. The average molecular weight is 618 g/mol. The number of halogens is 2. The van der Waals surface area contributed by atoms with E-state index in [9.17, 15) is 17.6 Å². The van der Waals surface area contributed by atoms with E-state index in [1.54, 1.807) is 30.3 Å². The fourth-order valence-electron chi connectivity index (χ4n) is 5.06. The molecule has 11 heteroatoms. The molecule has 0 aliphatic heterocycles. The maximum atomic E-state index is 13.7. The number of furan rings is 1. The second kappa shape index (κ2) is 10.6. The number of rotatable bonds is 6. The van der Waals surface area contributed by atoms with Gasteiger partial charge in [-0.05, 0) is 72.6 Å². The van der Waals surface area contributed by atoms with Crippen LogP contribution in [0, 0.1) is 12.7 Å². The molecule has 218 valence electrons. The van der Waals surface area contributed by atoms with E-state index in [-0.39, 0.29) is 16.9 Å². The molecule has 6 rings (SSSR count). The summed E-state index contributed by atoms with van der Waals surface area (Å²) in [5.74, 6) is -0.272. The van der Waals surface area contributed by atoms with Crippen LogP contribution < -0.4 is 9.62 Å². The highest BCUT2D eigenvalue weighted by molar-refractivity contribution is 7.92. The third-order valence-electron chi connectivity index (χ3n) is 7.21. The van der Waals surface area contributed by atoms with Gasteiger partial charge in [-0.2, -0.15) is 0 Å². The molecule has 0 bridgehead atoms. The summed E-state index contributed by atoms with van der Waals surface area (Å²) in [7, 11) is -0.756. The highest BCUT2D eigenvalue weighted by atomic mass is 35.5. The van der Waals surface area contributed by atoms with E-state index in [0.29, 0.717) is 55.3 Å². The molecule has 0 aliphatic rings. The van der Waals surface area contributed by atoms with E-state index in [2.05, 4.69) is 10.3 Å². The number of aryl methyl sites for hydroxylation is 1. The van der Waals surface area contributed by atoms with Crippen molar-refractivity contribution in [1.29, 1.82) is 0 Å². The van der Waals surface area contributed by atoms with Crippen molar-refractivity contribution in [2.45, 2.75) is 6.92 Å². The Labute approximate surface area is 251 Å². The zero-order chi connectivity index (χ0) is 30.6. The first kappa shape index (κ1) is 28.4. The lowest BCUT2D eigenvalue weighted by molar-refractivity contribution is 0.0964. The van der Waals surface area contributed by atoms with Crippen LogP contribution in [0.1, 0.15) is 15.9 Å². The molecule has 0 saturated carbocycles. The van der Waals surface area contributed by atoms with E-state index in [1.807, 2.05) is 25.1 Å². The summed E-state index contributed by atoms with van der Waals surface area (Å²) in [6, 6.07) is 19.8. The average Bonchev–Trinajstić information content (AvgIpc) is 3.58. The van der Waals surface area contributed by atoms with Gasteiger partial charge in [0.15, 0.2) is 5.58 Å². The van der Waals surface area contributed by atoms with Gasteiger partial charge in [0.1, 0.15) is 22.7 Å². The van der Waals surface area contributed by atoms with Crippen LogP contribution in [0.4, 0.5) is 10.1 Å². The molecule has 0 fully saturated rings.